The van der Waals surface area contributed by atoms with E-state index in [2.05, 4.69) is 18.7 Å². The second-order valence-corrected chi connectivity index (χ2v) is 5.62. The summed E-state index contributed by atoms with van der Waals surface area (Å²) < 4.78 is 6.16. The van der Waals surface area contributed by atoms with E-state index in [-0.39, 0.29) is 11.7 Å². The summed E-state index contributed by atoms with van der Waals surface area (Å²) in [5.74, 6) is -0.916. The molecule has 24 heavy (non-hydrogen) atoms. The van der Waals surface area contributed by atoms with Gasteiger partial charge in [-0.15, -0.1) is 0 Å². The molecule has 1 unspecified atom stereocenters. The molecule has 0 aliphatic heterocycles. The van der Waals surface area contributed by atoms with E-state index in [9.17, 15) is 4.79 Å². The number of hydrogen-bond acceptors (Lipinski definition) is 3. The minimum absolute atomic E-state index is 0.190. The molecular weight excluding hydrogens is 302 g/mol. The Morgan fingerprint density at radius 2 is 1.58 bits per heavy atom. The van der Waals surface area contributed by atoms with Gasteiger partial charge in [-0.25, -0.2) is 4.79 Å². The number of carbonyl (C=O) groups is 1. The van der Waals surface area contributed by atoms with Crippen LogP contribution in [0, 0.1) is 0 Å². The van der Waals surface area contributed by atoms with Crippen LogP contribution in [0.3, 0.4) is 0 Å². The standard InChI is InChI=1S/C20H25NO3/c1-3-21(4-2)14-15-24-19(16-8-6-5-7-9-16)17-10-12-18(13-11-17)20(22)23/h5-13,19H,3-4,14-15H2,1-2H3,(H,22,23). The molecule has 0 saturated heterocycles. The van der Waals surface area contributed by atoms with E-state index in [0.717, 1.165) is 30.8 Å². The molecule has 2 aromatic rings. The third-order valence-electron chi connectivity index (χ3n) is 4.15. The fourth-order valence-electron chi connectivity index (χ4n) is 2.65. The molecule has 4 heteroatoms. The molecule has 1 N–H and O–H groups in total. The second kappa shape index (κ2) is 9.21. The first-order valence-corrected chi connectivity index (χ1v) is 8.37. The first-order valence-electron chi connectivity index (χ1n) is 8.37. The van der Waals surface area contributed by atoms with Crippen molar-refractivity contribution in [3.05, 3.63) is 71.3 Å². The maximum Gasteiger partial charge on any atom is 0.335 e. The second-order valence-electron chi connectivity index (χ2n) is 5.62. The molecule has 0 aliphatic carbocycles. The highest BCUT2D eigenvalue weighted by Crippen LogP contribution is 2.26. The van der Waals surface area contributed by atoms with Crippen molar-refractivity contribution in [1.82, 2.24) is 4.90 Å². The minimum Gasteiger partial charge on any atom is -0.478 e. The normalized spacial score (nSPS) is 12.3. The molecule has 0 aromatic heterocycles. The Morgan fingerprint density at radius 3 is 2.12 bits per heavy atom. The van der Waals surface area contributed by atoms with Crippen LogP contribution in [-0.2, 0) is 4.74 Å². The van der Waals surface area contributed by atoms with E-state index in [1.807, 2.05) is 42.5 Å². The Kier molecular flexibility index (Phi) is 6.97. The Hall–Kier alpha value is -2.17. The van der Waals surface area contributed by atoms with Gasteiger partial charge in [0, 0.05) is 6.54 Å². The van der Waals surface area contributed by atoms with Crippen LogP contribution in [0.2, 0.25) is 0 Å². The van der Waals surface area contributed by atoms with Crippen LogP contribution in [0.1, 0.15) is 41.4 Å². The average Bonchev–Trinajstić information content (AvgIpc) is 2.63. The highest BCUT2D eigenvalue weighted by atomic mass is 16.5. The number of benzene rings is 2. The molecule has 0 fully saturated rings. The van der Waals surface area contributed by atoms with Crippen molar-refractivity contribution in [3.63, 3.8) is 0 Å². The molecule has 1 atom stereocenters. The van der Waals surface area contributed by atoms with Crippen molar-refractivity contribution in [2.75, 3.05) is 26.2 Å². The maximum atomic E-state index is 11.0. The summed E-state index contributed by atoms with van der Waals surface area (Å²) in [6.07, 6.45) is -0.190. The van der Waals surface area contributed by atoms with Gasteiger partial charge in [-0.2, -0.15) is 0 Å². The van der Waals surface area contributed by atoms with Crippen LogP contribution < -0.4 is 0 Å². The number of aromatic carboxylic acids is 1. The monoisotopic (exact) mass is 327 g/mol. The Bertz CT molecular complexity index is 621. The zero-order chi connectivity index (χ0) is 17.4. The first kappa shape index (κ1) is 18.2. The van der Waals surface area contributed by atoms with Crippen molar-refractivity contribution in [1.29, 1.82) is 0 Å². The Morgan fingerprint density at radius 1 is 1.00 bits per heavy atom. The summed E-state index contributed by atoms with van der Waals surface area (Å²) in [5.41, 5.74) is 2.32. The highest BCUT2D eigenvalue weighted by Gasteiger charge is 2.15. The molecule has 0 radical (unpaired) electrons. The van der Waals surface area contributed by atoms with Gasteiger partial charge >= 0.3 is 5.97 Å². The van der Waals surface area contributed by atoms with E-state index in [1.54, 1.807) is 12.1 Å². The molecule has 128 valence electrons. The van der Waals surface area contributed by atoms with Gasteiger partial charge in [0.15, 0.2) is 0 Å². The smallest absolute Gasteiger partial charge is 0.335 e. The number of nitrogens with zero attached hydrogens (tertiary/aromatic N) is 1. The fraction of sp³-hybridized carbons (Fsp3) is 0.350. The SMILES string of the molecule is CCN(CC)CCOC(c1ccccc1)c1ccc(C(=O)O)cc1. The molecule has 0 aliphatic rings. The van der Waals surface area contributed by atoms with Gasteiger partial charge in [0.2, 0.25) is 0 Å². The van der Waals surface area contributed by atoms with Gasteiger partial charge in [-0.1, -0.05) is 56.3 Å². The molecular formula is C20H25NO3. The van der Waals surface area contributed by atoms with Crippen LogP contribution in [0.25, 0.3) is 0 Å². The number of ether oxygens (including phenoxy) is 1. The van der Waals surface area contributed by atoms with Gasteiger partial charge in [0.1, 0.15) is 6.10 Å². The number of carboxylic acid groups (broad SMARTS) is 1. The summed E-state index contributed by atoms with van der Waals surface area (Å²) >= 11 is 0. The molecule has 2 rings (SSSR count). The third kappa shape index (κ3) is 4.91. The highest BCUT2D eigenvalue weighted by molar-refractivity contribution is 5.87. The van der Waals surface area contributed by atoms with E-state index >= 15 is 0 Å². The summed E-state index contributed by atoms with van der Waals surface area (Å²) in [6.45, 7) is 7.80. The van der Waals surface area contributed by atoms with E-state index in [1.165, 1.54) is 0 Å². The van der Waals surface area contributed by atoms with Crippen molar-refractivity contribution < 1.29 is 14.6 Å². The molecule has 0 heterocycles. The summed E-state index contributed by atoms with van der Waals surface area (Å²) in [7, 11) is 0. The van der Waals surface area contributed by atoms with Crippen LogP contribution in [0.15, 0.2) is 54.6 Å². The minimum atomic E-state index is -0.916. The van der Waals surface area contributed by atoms with Gasteiger partial charge in [-0.3, -0.25) is 0 Å². The average molecular weight is 327 g/mol. The van der Waals surface area contributed by atoms with Gasteiger partial charge in [-0.05, 0) is 36.3 Å². The molecule has 4 nitrogen and oxygen atoms in total. The van der Waals surface area contributed by atoms with Crippen LogP contribution in [-0.4, -0.2) is 42.2 Å². The zero-order valence-corrected chi connectivity index (χ0v) is 14.3. The van der Waals surface area contributed by atoms with Crippen molar-refractivity contribution >= 4 is 5.97 Å². The van der Waals surface area contributed by atoms with Crippen molar-refractivity contribution in [2.24, 2.45) is 0 Å². The summed E-state index contributed by atoms with van der Waals surface area (Å²) in [4.78, 5) is 13.3. The predicted octanol–water partition coefficient (Wildman–Crippen LogP) is 3.83. The quantitative estimate of drug-likeness (QED) is 0.760. The summed E-state index contributed by atoms with van der Waals surface area (Å²) in [6, 6.07) is 16.9. The zero-order valence-electron chi connectivity index (χ0n) is 14.3. The lowest BCUT2D eigenvalue weighted by Gasteiger charge is -2.22. The maximum absolute atomic E-state index is 11.0. The van der Waals surface area contributed by atoms with Crippen molar-refractivity contribution in [3.8, 4) is 0 Å². The van der Waals surface area contributed by atoms with E-state index in [0.29, 0.717) is 6.61 Å². The fourth-order valence-corrected chi connectivity index (χ4v) is 2.65. The lowest BCUT2D eigenvalue weighted by atomic mass is 10.00. The van der Waals surface area contributed by atoms with Crippen LogP contribution in [0.5, 0.6) is 0 Å². The number of carboxylic acids is 1. The topological polar surface area (TPSA) is 49.8 Å². The Balaban J connectivity index is 2.15. The molecule has 0 amide bonds. The molecule has 0 bridgehead atoms. The van der Waals surface area contributed by atoms with E-state index in [4.69, 9.17) is 9.84 Å². The third-order valence-corrected chi connectivity index (χ3v) is 4.15. The number of hydrogen-bond donors (Lipinski definition) is 1. The Labute approximate surface area is 143 Å². The molecule has 2 aromatic carbocycles. The summed E-state index contributed by atoms with van der Waals surface area (Å²) in [5, 5.41) is 9.05. The van der Waals surface area contributed by atoms with Crippen LogP contribution in [0.4, 0.5) is 0 Å². The molecule has 0 saturated carbocycles. The van der Waals surface area contributed by atoms with Gasteiger partial charge in [0.25, 0.3) is 0 Å². The molecule has 0 spiro atoms. The number of likely N-dealkylation sites (N-methyl/N-ethyl adjacent to an activating group) is 1. The van der Waals surface area contributed by atoms with Gasteiger partial charge < -0.3 is 14.7 Å². The lowest BCUT2D eigenvalue weighted by molar-refractivity contribution is 0.0617. The van der Waals surface area contributed by atoms with Gasteiger partial charge in [0.05, 0.1) is 12.2 Å². The number of rotatable bonds is 9. The van der Waals surface area contributed by atoms with Crippen molar-refractivity contribution in [2.45, 2.75) is 20.0 Å². The lowest BCUT2D eigenvalue weighted by Crippen LogP contribution is -2.27. The predicted molar refractivity (Wildman–Crippen MR) is 95.4 cm³/mol. The largest absolute Gasteiger partial charge is 0.478 e. The first-order chi connectivity index (χ1) is 11.7. The van der Waals surface area contributed by atoms with Crippen LogP contribution >= 0.6 is 0 Å². The van der Waals surface area contributed by atoms with E-state index < -0.39 is 5.97 Å².